The van der Waals surface area contributed by atoms with Gasteiger partial charge in [0.15, 0.2) is 11.5 Å². The molecule has 2 unspecified atom stereocenters. The van der Waals surface area contributed by atoms with Gasteiger partial charge in [-0.1, -0.05) is 25.1 Å². The van der Waals surface area contributed by atoms with Gasteiger partial charge in [-0.3, -0.25) is 0 Å². The summed E-state index contributed by atoms with van der Waals surface area (Å²) in [5.41, 5.74) is 2.09. The molecule has 2 aromatic rings. The van der Waals surface area contributed by atoms with Gasteiger partial charge in [-0.25, -0.2) is 9.59 Å². The van der Waals surface area contributed by atoms with Crippen LogP contribution in [0.5, 0.6) is 11.5 Å². The highest BCUT2D eigenvalue weighted by molar-refractivity contribution is 5.63. The molecule has 0 radical (unpaired) electrons. The van der Waals surface area contributed by atoms with Crippen LogP contribution in [0.1, 0.15) is 36.1 Å². The lowest BCUT2D eigenvalue weighted by Gasteiger charge is -2.22. The molecular weight excluding hydrogens is 460 g/mol. The minimum Gasteiger partial charge on any atom is -0.437 e. The van der Waals surface area contributed by atoms with Gasteiger partial charge in [-0.15, -0.1) is 0 Å². The molecule has 0 saturated carbocycles. The number of fused-ring (bicyclic) bond motifs is 1. The Labute approximate surface area is 202 Å². The van der Waals surface area contributed by atoms with Gasteiger partial charge in [0.25, 0.3) is 0 Å². The fourth-order valence-electron chi connectivity index (χ4n) is 3.35. The van der Waals surface area contributed by atoms with E-state index >= 15 is 0 Å². The summed E-state index contributed by atoms with van der Waals surface area (Å²) in [4.78, 5) is 23.3. The van der Waals surface area contributed by atoms with Crippen molar-refractivity contribution in [3.8, 4) is 17.6 Å². The highest BCUT2D eigenvalue weighted by atomic mass is 17.1. The quantitative estimate of drug-likeness (QED) is 0.398. The topological polar surface area (TPSA) is 146 Å². The lowest BCUT2D eigenvalue weighted by atomic mass is 10.0. The van der Waals surface area contributed by atoms with Gasteiger partial charge in [-0.05, 0) is 48.2 Å². The lowest BCUT2D eigenvalue weighted by molar-refractivity contribution is -0.384. The second kappa shape index (κ2) is 11.4. The molecule has 0 aromatic heterocycles. The van der Waals surface area contributed by atoms with Crippen LogP contribution in [-0.2, 0) is 25.4 Å². The van der Waals surface area contributed by atoms with E-state index in [0.29, 0.717) is 24.1 Å². The van der Waals surface area contributed by atoms with Gasteiger partial charge in [-0.2, -0.15) is 5.26 Å². The van der Waals surface area contributed by atoms with E-state index in [-0.39, 0.29) is 17.5 Å². The average Bonchev–Trinajstić information content (AvgIpc) is 3.22. The van der Waals surface area contributed by atoms with E-state index in [1.165, 1.54) is 0 Å². The summed E-state index contributed by atoms with van der Waals surface area (Å²) in [6, 6.07) is 13.9. The molecule has 3 rings (SSSR count). The van der Waals surface area contributed by atoms with Crippen LogP contribution in [0.15, 0.2) is 42.5 Å². The van der Waals surface area contributed by atoms with Gasteiger partial charge in [0.2, 0.25) is 0 Å². The van der Waals surface area contributed by atoms with Crippen LogP contribution in [-0.4, -0.2) is 50.4 Å². The minimum atomic E-state index is -2.52. The van der Waals surface area contributed by atoms with Crippen molar-refractivity contribution in [1.29, 1.82) is 5.26 Å². The van der Waals surface area contributed by atoms with Crippen molar-refractivity contribution >= 4 is 12.3 Å². The molecule has 2 aromatic carbocycles. The summed E-state index contributed by atoms with van der Waals surface area (Å²) in [6.45, 7) is 2.33. The van der Waals surface area contributed by atoms with Crippen molar-refractivity contribution in [2.24, 2.45) is 0 Å². The summed E-state index contributed by atoms with van der Waals surface area (Å²) in [5.74, 6) is 0.363. The van der Waals surface area contributed by atoms with E-state index in [1.807, 2.05) is 13.0 Å². The third-order valence-corrected chi connectivity index (χ3v) is 5.23. The molecule has 0 fully saturated rings. The Hall–Kier alpha value is -4.01. The fraction of sp³-hybridized carbons (Fsp3) is 0.375. The van der Waals surface area contributed by atoms with Gasteiger partial charge in [0.1, 0.15) is 0 Å². The maximum atomic E-state index is 11.6. The van der Waals surface area contributed by atoms with Crippen molar-refractivity contribution in [1.82, 2.24) is 5.32 Å². The maximum Gasteiger partial charge on any atom is 0.620 e. The van der Waals surface area contributed by atoms with Crippen molar-refractivity contribution in [3.05, 3.63) is 59.2 Å². The zero-order chi connectivity index (χ0) is 25.4. The van der Waals surface area contributed by atoms with Gasteiger partial charge >= 0.3 is 18.5 Å². The number of nitriles is 1. The monoisotopic (exact) mass is 486 g/mol. The molecule has 11 heteroatoms. The Bertz CT molecular complexity index is 1060. The summed E-state index contributed by atoms with van der Waals surface area (Å²) >= 11 is 0. The van der Waals surface area contributed by atoms with Crippen molar-refractivity contribution in [3.63, 3.8) is 0 Å². The minimum absolute atomic E-state index is 0.0193. The van der Waals surface area contributed by atoms with Crippen molar-refractivity contribution in [2.45, 2.75) is 38.1 Å². The molecule has 1 aliphatic heterocycles. The second-order valence-electron chi connectivity index (χ2n) is 7.56. The van der Waals surface area contributed by atoms with Crippen molar-refractivity contribution < 1.29 is 43.1 Å². The first-order valence-electron chi connectivity index (χ1n) is 10.8. The molecule has 186 valence electrons. The number of nitrogens with one attached hydrogen (secondary N) is 1. The zero-order valence-electron chi connectivity index (χ0n) is 19.5. The highest BCUT2D eigenvalue weighted by Crippen LogP contribution is 2.41. The predicted molar refractivity (Wildman–Crippen MR) is 119 cm³/mol. The van der Waals surface area contributed by atoms with E-state index in [1.54, 1.807) is 42.5 Å². The number of aliphatic hydroxyl groups excluding tert-OH is 1. The van der Waals surface area contributed by atoms with Gasteiger partial charge in [0.05, 0.1) is 32.0 Å². The highest BCUT2D eigenvalue weighted by Gasteiger charge is 2.53. The second-order valence-corrected chi connectivity index (χ2v) is 7.56. The number of benzene rings is 2. The summed E-state index contributed by atoms with van der Waals surface area (Å²) < 4.78 is 29.6. The summed E-state index contributed by atoms with van der Waals surface area (Å²) in [5, 5.41) is 22.7. The first kappa shape index (κ1) is 25.6. The molecule has 1 aliphatic rings. The van der Waals surface area contributed by atoms with E-state index in [2.05, 4.69) is 14.8 Å². The van der Waals surface area contributed by atoms with Crippen LogP contribution in [0, 0.1) is 11.3 Å². The van der Waals surface area contributed by atoms with Crippen LogP contribution < -0.4 is 14.8 Å². The molecule has 11 nitrogen and oxygen atoms in total. The number of carbonyl (C=O) groups is 2. The van der Waals surface area contributed by atoms with E-state index in [0.717, 1.165) is 26.2 Å². The zero-order valence-corrected chi connectivity index (χ0v) is 19.5. The molecule has 0 amide bonds. The largest absolute Gasteiger partial charge is 0.620 e. The van der Waals surface area contributed by atoms with Crippen molar-refractivity contribution in [2.75, 3.05) is 20.8 Å². The molecule has 35 heavy (non-hydrogen) atoms. The smallest absolute Gasteiger partial charge is 0.437 e. The number of hydrogen-bond acceptors (Lipinski definition) is 11. The molecule has 1 heterocycles. The van der Waals surface area contributed by atoms with Crippen LogP contribution in [0.2, 0.25) is 0 Å². The molecule has 0 aliphatic carbocycles. The molecule has 0 saturated heterocycles. The third kappa shape index (κ3) is 6.53. The number of nitrogens with zero attached hydrogens (tertiary/aromatic N) is 1. The Morgan fingerprint density at radius 1 is 1.06 bits per heavy atom. The Balaban J connectivity index is 1.65. The molecule has 0 bridgehead atoms. The number of ether oxygens (including phenoxy) is 6. The first-order chi connectivity index (χ1) is 16.8. The normalized spacial score (nSPS) is 14.8. The number of hydrogen-bond donors (Lipinski definition) is 2. The Morgan fingerprint density at radius 3 is 2.26 bits per heavy atom. The Morgan fingerprint density at radius 2 is 1.69 bits per heavy atom. The molecule has 2 N–H and O–H groups in total. The molecular formula is C24H26N2O9. The number of methoxy groups -OCH3 is 2. The SMILES string of the molecule is CCC(Cc1ccc2c(c1)OC(OC(=O)OC)(OC(=O)OC)O2)NCC(O)c1ccc(C#N)cc1. The molecule has 2 atom stereocenters. The molecule has 0 spiro atoms. The number of carbonyl (C=O) groups excluding carboxylic acids is 2. The van der Waals surface area contributed by atoms with Crippen LogP contribution >= 0.6 is 0 Å². The van der Waals surface area contributed by atoms with Crippen LogP contribution in [0.4, 0.5) is 9.59 Å². The van der Waals surface area contributed by atoms with E-state index in [9.17, 15) is 14.7 Å². The predicted octanol–water partition coefficient (Wildman–Crippen LogP) is 3.15. The average molecular weight is 486 g/mol. The fourth-order valence-corrected chi connectivity index (χ4v) is 3.35. The summed E-state index contributed by atoms with van der Waals surface area (Å²) in [6.07, 6.45) is -4.30. The third-order valence-electron chi connectivity index (χ3n) is 5.23. The first-order valence-corrected chi connectivity index (χ1v) is 10.8. The van der Waals surface area contributed by atoms with E-state index < -0.39 is 24.6 Å². The van der Waals surface area contributed by atoms with Crippen LogP contribution in [0.25, 0.3) is 0 Å². The Kier molecular flexibility index (Phi) is 8.35. The summed E-state index contributed by atoms with van der Waals surface area (Å²) in [7, 11) is 2.15. The van der Waals surface area contributed by atoms with E-state index in [4.69, 9.17) is 24.2 Å². The number of aliphatic hydroxyl groups is 1. The lowest BCUT2D eigenvalue weighted by Crippen LogP contribution is -2.47. The van der Waals surface area contributed by atoms with Gasteiger partial charge < -0.3 is 38.8 Å². The van der Waals surface area contributed by atoms with Crippen LogP contribution in [0.3, 0.4) is 0 Å². The number of rotatable bonds is 9. The van der Waals surface area contributed by atoms with Gasteiger partial charge in [0, 0.05) is 12.6 Å². The maximum absolute atomic E-state index is 11.6. The standard InChI is InChI=1S/C24H26N2O9/c1-4-18(26-14-19(27)17-8-5-15(13-25)6-9-17)11-16-7-10-20-21(12-16)33-24(32-20,34-22(28)30-2)35-23(29)31-3/h5-10,12,18-19,26-27H,4,11,14H2,1-3H3.